The number of thioether (sulfide) groups is 1. The highest BCUT2D eigenvalue weighted by molar-refractivity contribution is 7.98. The lowest BCUT2D eigenvalue weighted by Crippen LogP contribution is -2.09. The Morgan fingerprint density at radius 1 is 1.32 bits per heavy atom. The zero-order chi connectivity index (χ0) is 16.1. The van der Waals surface area contributed by atoms with Crippen LogP contribution in [0.1, 0.15) is 16.8 Å². The molecule has 0 radical (unpaired) electrons. The highest BCUT2D eigenvalue weighted by Gasteiger charge is 2.11. The SMILES string of the molecule is COC(=O)Oc1cc(C)nc(SCc2c(C)cncc2Cl)n1. The van der Waals surface area contributed by atoms with Gasteiger partial charge in [0.2, 0.25) is 5.88 Å². The van der Waals surface area contributed by atoms with Crippen molar-refractivity contribution >= 4 is 29.5 Å². The Morgan fingerprint density at radius 3 is 2.77 bits per heavy atom. The van der Waals surface area contributed by atoms with Gasteiger partial charge in [-0.1, -0.05) is 23.4 Å². The van der Waals surface area contributed by atoms with Crippen LogP contribution in [0.3, 0.4) is 0 Å². The molecule has 0 N–H and O–H groups in total. The van der Waals surface area contributed by atoms with E-state index >= 15 is 0 Å². The maximum atomic E-state index is 11.1. The van der Waals surface area contributed by atoms with Crippen LogP contribution in [0.15, 0.2) is 23.6 Å². The Bertz CT molecular complexity index is 677. The molecular weight excluding hydrogens is 326 g/mol. The molecule has 6 nitrogen and oxygen atoms in total. The first-order valence-corrected chi connectivity index (χ1v) is 7.69. The van der Waals surface area contributed by atoms with E-state index in [4.69, 9.17) is 16.3 Å². The number of hydrogen-bond acceptors (Lipinski definition) is 7. The molecule has 2 heterocycles. The average molecular weight is 340 g/mol. The molecule has 0 fully saturated rings. The van der Waals surface area contributed by atoms with Crippen molar-refractivity contribution in [3.05, 3.63) is 40.3 Å². The van der Waals surface area contributed by atoms with Gasteiger partial charge in [0.05, 0.1) is 12.1 Å². The Kier molecular flexibility index (Phi) is 5.57. The van der Waals surface area contributed by atoms with Crippen molar-refractivity contribution in [3.8, 4) is 5.88 Å². The summed E-state index contributed by atoms with van der Waals surface area (Å²) in [4.78, 5) is 23.6. The lowest BCUT2D eigenvalue weighted by atomic mass is 10.2. The van der Waals surface area contributed by atoms with Crippen LogP contribution < -0.4 is 4.74 Å². The summed E-state index contributed by atoms with van der Waals surface area (Å²) in [6, 6.07) is 1.56. The Morgan fingerprint density at radius 2 is 2.09 bits per heavy atom. The molecule has 2 aromatic rings. The summed E-state index contributed by atoms with van der Waals surface area (Å²) in [5.74, 6) is 0.744. The highest BCUT2D eigenvalue weighted by Crippen LogP contribution is 2.27. The van der Waals surface area contributed by atoms with Crippen LogP contribution in [0.4, 0.5) is 4.79 Å². The van der Waals surface area contributed by atoms with Gasteiger partial charge in [0.15, 0.2) is 5.16 Å². The third kappa shape index (κ3) is 4.32. The molecule has 0 aromatic carbocycles. The maximum Gasteiger partial charge on any atom is 0.514 e. The Balaban J connectivity index is 2.14. The minimum Gasteiger partial charge on any atom is -0.437 e. The number of nitrogens with zero attached hydrogens (tertiary/aromatic N) is 3. The molecule has 0 aliphatic heterocycles. The van der Waals surface area contributed by atoms with Crippen LogP contribution in [0.2, 0.25) is 5.02 Å². The molecule has 2 rings (SSSR count). The van der Waals surface area contributed by atoms with E-state index in [9.17, 15) is 4.79 Å². The quantitative estimate of drug-likeness (QED) is 0.478. The van der Waals surface area contributed by atoms with Crippen LogP contribution in [-0.2, 0) is 10.5 Å². The second-order valence-electron chi connectivity index (χ2n) is 4.39. The van der Waals surface area contributed by atoms with Crippen molar-refractivity contribution in [2.45, 2.75) is 24.8 Å². The predicted octanol–water partition coefficient (Wildman–Crippen LogP) is 3.58. The number of halogens is 1. The molecule has 0 aliphatic carbocycles. The second kappa shape index (κ2) is 7.42. The van der Waals surface area contributed by atoms with Gasteiger partial charge in [-0.3, -0.25) is 4.98 Å². The molecule has 0 amide bonds. The molecule has 0 aliphatic rings. The number of ether oxygens (including phenoxy) is 2. The summed E-state index contributed by atoms with van der Waals surface area (Å²) in [6.45, 7) is 3.73. The smallest absolute Gasteiger partial charge is 0.437 e. The molecule has 0 unspecified atom stereocenters. The molecule has 0 saturated heterocycles. The molecule has 116 valence electrons. The zero-order valence-electron chi connectivity index (χ0n) is 12.3. The molecule has 22 heavy (non-hydrogen) atoms. The van der Waals surface area contributed by atoms with E-state index in [0.717, 1.165) is 11.1 Å². The highest BCUT2D eigenvalue weighted by atomic mass is 35.5. The van der Waals surface area contributed by atoms with Gasteiger partial charge in [0, 0.05) is 29.9 Å². The predicted molar refractivity (Wildman–Crippen MR) is 83.3 cm³/mol. The van der Waals surface area contributed by atoms with Crippen LogP contribution in [0, 0.1) is 13.8 Å². The summed E-state index contributed by atoms with van der Waals surface area (Å²) in [5.41, 5.74) is 2.66. The minimum absolute atomic E-state index is 0.152. The number of carbonyl (C=O) groups excluding carboxylic acids is 1. The fourth-order valence-corrected chi connectivity index (χ4v) is 3.01. The zero-order valence-corrected chi connectivity index (χ0v) is 13.9. The van der Waals surface area contributed by atoms with Gasteiger partial charge >= 0.3 is 6.16 Å². The average Bonchev–Trinajstić information content (AvgIpc) is 2.46. The number of carbonyl (C=O) groups is 1. The molecule has 8 heteroatoms. The summed E-state index contributed by atoms with van der Waals surface area (Å²) in [5, 5.41) is 1.09. The van der Waals surface area contributed by atoms with Crippen molar-refractivity contribution in [3.63, 3.8) is 0 Å². The summed E-state index contributed by atoms with van der Waals surface area (Å²) in [7, 11) is 1.24. The summed E-state index contributed by atoms with van der Waals surface area (Å²) < 4.78 is 9.36. The third-order valence-electron chi connectivity index (χ3n) is 2.73. The standard InChI is InChI=1S/C14H14ClN3O3S/c1-8-5-16-6-11(15)10(8)7-22-13-17-9(2)4-12(18-13)21-14(19)20-3/h4-6H,7H2,1-3H3. The number of aromatic nitrogens is 3. The van der Waals surface area contributed by atoms with Gasteiger partial charge in [0.1, 0.15) is 0 Å². The lowest BCUT2D eigenvalue weighted by Gasteiger charge is -2.08. The van der Waals surface area contributed by atoms with Crippen LogP contribution in [0.5, 0.6) is 5.88 Å². The van der Waals surface area contributed by atoms with Gasteiger partial charge in [-0.2, -0.15) is 4.98 Å². The van der Waals surface area contributed by atoms with Gasteiger partial charge in [-0.05, 0) is 25.0 Å². The fraction of sp³-hybridized carbons (Fsp3) is 0.286. The van der Waals surface area contributed by atoms with E-state index < -0.39 is 6.16 Å². The van der Waals surface area contributed by atoms with Gasteiger partial charge in [-0.25, -0.2) is 9.78 Å². The molecular formula is C14H14ClN3O3S. The van der Waals surface area contributed by atoms with E-state index in [1.54, 1.807) is 25.4 Å². The van der Waals surface area contributed by atoms with Gasteiger partial charge in [0.25, 0.3) is 0 Å². The largest absolute Gasteiger partial charge is 0.514 e. The van der Waals surface area contributed by atoms with Crippen LogP contribution in [0.25, 0.3) is 0 Å². The molecule has 0 bridgehead atoms. The maximum absolute atomic E-state index is 11.1. The number of aryl methyl sites for hydroxylation is 2. The van der Waals surface area contributed by atoms with E-state index in [-0.39, 0.29) is 5.88 Å². The van der Waals surface area contributed by atoms with E-state index in [1.165, 1.54) is 18.9 Å². The van der Waals surface area contributed by atoms with Crippen molar-refractivity contribution in [2.75, 3.05) is 7.11 Å². The number of hydrogen-bond donors (Lipinski definition) is 0. The first kappa shape index (κ1) is 16.5. The van der Waals surface area contributed by atoms with Crippen LogP contribution in [-0.4, -0.2) is 28.2 Å². The number of pyridine rings is 1. The second-order valence-corrected chi connectivity index (χ2v) is 5.74. The third-order valence-corrected chi connectivity index (χ3v) is 3.93. The first-order valence-electron chi connectivity index (χ1n) is 6.33. The normalized spacial score (nSPS) is 10.4. The fourth-order valence-electron chi connectivity index (χ4n) is 1.64. The van der Waals surface area contributed by atoms with Crippen molar-refractivity contribution < 1.29 is 14.3 Å². The monoisotopic (exact) mass is 339 g/mol. The minimum atomic E-state index is -0.818. The van der Waals surface area contributed by atoms with E-state index in [2.05, 4.69) is 19.7 Å². The number of rotatable bonds is 4. The van der Waals surface area contributed by atoms with Gasteiger partial charge < -0.3 is 9.47 Å². The number of methoxy groups -OCH3 is 1. The topological polar surface area (TPSA) is 74.2 Å². The molecule has 0 saturated carbocycles. The molecule has 0 spiro atoms. The lowest BCUT2D eigenvalue weighted by molar-refractivity contribution is 0.119. The summed E-state index contributed by atoms with van der Waals surface area (Å²) in [6.07, 6.45) is 2.54. The van der Waals surface area contributed by atoms with Crippen molar-refractivity contribution in [1.29, 1.82) is 0 Å². The van der Waals surface area contributed by atoms with E-state index in [0.29, 0.717) is 21.6 Å². The van der Waals surface area contributed by atoms with E-state index in [1.807, 2.05) is 6.92 Å². The van der Waals surface area contributed by atoms with Crippen LogP contribution >= 0.6 is 23.4 Å². The summed E-state index contributed by atoms with van der Waals surface area (Å²) >= 11 is 7.54. The Labute approximate surface area is 137 Å². The Hall–Kier alpha value is -1.86. The van der Waals surface area contributed by atoms with Crippen molar-refractivity contribution in [1.82, 2.24) is 15.0 Å². The first-order chi connectivity index (χ1) is 10.5. The van der Waals surface area contributed by atoms with Gasteiger partial charge in [-0.15, -0.1) is 0 Å². The molecule has 2 aromatic heterocycles. The van der Waals surface area contributed by atoms with Crippen molar-refractivity contribution in [2.24, 2.45) is 0 Å². The molecule has 0 atom stereocenters.